The first-order chi connectivity index (χ1) is 14.1. The second-order valence-electron chi connectivity index (χ2n) is 6.27. The SMILES string of the molecule is COc1ccc(-n2c(SCc3cccc(Cl)c3)nnc2-c2ccc(Cl)cc2)cc1. The standard InChI is InChI=1S/C22H17Cl2N3OS/c1-28-20-11-9-19(10-12-20)27-21(16-5-7-17(23)8-6-16)25-26-22(27)29-14-15-3-2-4-18(24)13-15/h2-13H,14H2,1H3. The van der Waals surface area contributed by atoms with Gasteiger partial charge in [0, 0.05) is 27.0 Å². The Labute approximate surface area is 183 Å². The summed E-state index contributed by atoms with van der Waals surface area (Å²) in [6, 6.07) is 23.2. The van der Waals surface area contributed by atoms with Crippen LogP contribution in [0.2, 0.25) is 10.0 Å². The lowest BCUT2D eigenvalue weighted by atomic mass is 10.2. The van der Waals surface area contributed by atoms with Gasteiger partial charge >= 0.3 is 0 Å². The van der Waals surface area contributed by atoms with Crippen molar-refractivity contribution < 1.29 is 4.74 Å². The molecule has 0 amide bonds. The number of nitrogens with zero attached hydrogens (tertiary/aromatic N) is 3. The maximum Gasteiger partial charge on any atom is 0.196 e. The van der Waals surface area contributed by atoms with E-state index in [9.17, 15) is 0 Å². The first-order valence-electron chi connectivity index (χ1n) is 8.87. The van der Waals surface area contributed by atoms with Crippen molar-refractivity contribution in [2.24, 2.45) is 0 Å². The van der Waals surface area contributed by atoms with Gasteiger partial charge in [-0.2, -0.15) is 0 Å². The molecule has 7 heteroatoms. The first-order valence-corrected chi connectivity index (χ1v) is 10.6. The molecule has 4 rings (SSSR count). The summed E-state index contributed by atoms with van der Waals surface area (Å²) < 4.78 is 7.33. The molecule has 0 atom stereocenters. The Hall–Kier alpha value is -2.47. The summed E-state index contributed by atoms with van der Waals surface area (Å²) in [6.07, 6.45) is 0. The van der Waals surface area contributed by atoms with Gasteiger partial charge in [0.15, 0.2) is 11.0 Å². The molecule has 1 aromatic heterocycles. The third-order valence-corrected chi connectivity index (χ3v) is 5.81. The molecule has 4 nitrogen and oxygen atoms in total. The van der Waals surface area contributed by atoms with E-state index in [1.54, 1.807) is 18.9 Å². The average Bonchev–Trinajstić information content (AvgIpc) is 3.17. The molecular formula is C22H17Cl2N3OS. The molecule has 0 aliphatic carbocycles. The molecule has 0 aliphatic rings. The maximum absolute atomic E-state index is 6.11. The highest BCUT2D eigenvalue weighted by molar-refractivity contribution is 7.98. The molecule has 29 heavy (non-hydrogen) atoms. The maximum atomic E-state index is 6.11. The molecule has 1 heterocycles. The van der Waals surface area contributed by atoms with Gasteiger partial charge in [0.1, 0.15) is 5.75 Å². The van der Waals surface area contributed by atoms with Crippen molar-refractivity contribution >= 4 is 35.0 Å². The highest BCUT2D eigenvalue weighted by Crippen LogP contribution is 2.31. The van der Waals surface area contributed by atoms with Crippen LogP contribution in [0.3, 0.4) is 0 Å². The Morgan fingerprint density at radius 1 is 0.897 bits per heavy atom. The molecular weight excluding hydrogens is 425 g/mol. The Balaban J connectivity index is 1.73. The van der Waals surface area contributed by atoms with E-state index in [1.807, 2.05) is 77.4 Å². The van der Waals surface area contributed by atoms with Crippen LogP contribution in [-0.4, -0.2) is 21.9 Å². The molecule has 0 fully saturated rings. The number of ether oxygens (including phenoxy) is 1. The molecule has 0 bridgehead atoms. The van der Waals surface area contributed by atoms with Gasteiger partial charge in [-0.15, -0.1) is 10.2 Å². The fraction of sp³-hybridized carbons (Fsp3) is 0.0909. The molecule has 0 unspecified atom stereocenters. The van der Waals surface area contributed by atoms with Crippen LogP contribution < -0.4 is 4.74 Å². The van der Waals surface area contributed by atoms with Gasteiger partial charge in [-0.1, -0.05) is 47.1 Å². The minimum atomic E-state index is 0.680. The van der Waals surface area contributed by atoms with E-state index in [0.717, 1.165) is 44.3 Å². The Morgan fingerprint density at radius 3 is 2.34 bits per heavy atom. The van der Waals surface area contributed by atoms with E-state index < -0.39 is 0 Å². The summed E-state index contributed by atoms with van der Waals surface area (Å²) in [5.41, 5.74) is 3.02. The number of thioether (sulfide) groups is 1. The normalized spacial score (nSPS) is 10.9. The van der Waals surface area contributed by atoms with Crippen LogP contribution in [0.4, 0.5) is 0 Å². The summed E-state index contributed by atoms with van der Waals surface area (Å²) in [4.78, 5) is 0. The van der Waals surface area contributed by atoms with Crippen LogP contribution in [0.25, 0.3) is 17.1 Å². The second kappa shape index (κ2) is 8.91. The Kier molecular flexibility index (Phi) is 6.09. The van der Waals surface area contributed by atoms with Crippen molar-refractivity contribution in [3.8, 4) is 22.8 Å². The summed E-state index contributed by atoms with van der Waals surface area (Å²) in [5, 5.41) is 11.1. The van der Waals surface area contributed by atoms with Crippen molar-refractivity contribution in [2.75, 3.05) is 7.11 Å². The second-order valence-corrected chi connectivity index (χ2v) is 8.08. The molecule has 0 N–H and O–H groups in total. The van der Waals surface area contributed by atoms with Crippen LogP contribution in [0, 0.1) is 0 Å². The van der Waals surface area contributed by atoms with Crippen LogP contribution in [0.1, 0.15) is 5.56 Å². The molecule has 4 aromatic rings. The van der Waals surface area contributed by atoms with Crippen molar-refractivity contribution in [1.82, 2.24) is 14.8 Å². The van der Waals surface area contributed by atoms with E-state index >= 15 is 0 Å². The van der Waals surface area contributed by atoms with Crippen molar-refractivity contribution in [1.29, 1.82) is 0 Å². The van der Waals surface area contributed by atoms with Gasteiger partial charge in [0.05, 0.1) is 7.11 Å². The van der Waals surface area contributed by atoms with Gasteiger partial charge in [-0.3, -0.25) is 4.57 Å². The quantitative estimate of drug-likeness (QED) is 0.318. The van der Waals surface area contributed by atoms with Crippen LogP contribution >= 0.6 is 35.0 Å². The summed E-state index contributed by atoms with van der Waals surface area (Å²) in [7, 11) is 1.65. The van der Waals surface area contributed by atoms with Crippen LogP contribution in [-0.2, 0) is 5.75 Å². The summed E-state index contributed by atoms with van der Waals surface area (Å²) in [6.45, 7) is 0. The van der Waals surface area contributed by atoms with E-state index in [2.05, 4.69) is 10.2 Å². The zero-order chi connectivity index (χ0) is 20.2. The van der Waals surface area contributed by atoms with Gasteiger partial charge in [0.25, 0.3) is 0 Å². The Bertz CT molecular complexity index is 1110. The van der Waals surface area contributed by atoms with E-state index in [1.165, 1.54) is 0 Å². The molecule has 146 valence electrons. The van der Waals surface area contributed by atoms with E-state index in [4.69, 9.17) is 27.9 Å². The summed E-state index contributed by atoms with van der Waals surface area (Å²) in [5.74, 6) is 2.28. The predicted octanol–water partition coefficient (Wildman–Crippen LogP) is 6.54. The van der Waals surface area contributed by atoms with Crippen LogP contribution in [0.15, 0.2) is 78.0 Å². The lowest BCUT2D eigenvalue weighted by Crippen LogP contribution is -2.00. The van der Waals surface area contributed by atoms with Crippen molar-refractivity contribution in [2.45, 2.75) is 10.9 Å². The number of hydrogen-bond donors (Lipinski definition) is 0. The smallest absolute Gasteiger partial charge is 0.196 e. The molecule has 0 aliphatic heterocycles. The third-order valence-electron chi connectivity index (χ3n) is 4.32. The van der Waals surface area contributed by atoms with Crippen molar-refractivity contribution in [3.63, 3.8) is 0 Å². The van der Waals surface area contributed by atoms with E-state index in [-0.39, 0.29) is 0 Å². The number of methoxy groups -OCH3 is 1. The van der Waals surface area contributed by atoms with E-state index in [0.29, 0.717) is 5.02 Å². The number of hydrogen-bond acceptors (Lipinski definition) is 4. The number of benzene rings is 3. The molecule has 0 saturated heterocycles. The molecule has 0 spiro atoms. The lowest BCUT2D eigenvalue weighted by molar-refractivity contribution is 0.414. The highest BCUT2D eigenvalue weighted by Gasteiger charge is 2.16. The highest BCUT2D eigenvalue weighted by atomic mass is 35.5. The minimum absolute atomic E-state index is 0.680. The number of halogens is 2. The summed E-state index contributed by atoms with van der Waals surface area (Å²) >= 11 is 13.8. The van der Waals surface area contributed by atoms with Crippen molar-refractivity contribution in [3.05, 3.63) is 88.4 Å². The Morgan fingerprint density at radius 2 is 1.66 bits per heavy atom. The predicted molar refractivity (Wildman–Crippen MR) is 119 cm³/mol. The topological polar surface area (TPSA) is 39.9 Å². The monoisotopic (exact) mass is 441 g/mol. The van der Waals surface area contributed by atoms with Gasteiger partial charge in [-0.25, -0.2) is 0 Å². The molecule has 0 saturated carbocycles. The van der Waals surface area contributed by atoms with Crippen LogP contribution in [0.5, 0.6) is 5.75 Å². The fourth-order valence-corrected chi connectivity index (χ4v) is 4.12. The molecule has 3 aromatic carbocycles. The fourth-order valence-electron chi connectivity index (χ4n) is 2.89. The first kappa shape index (κ1) is 19.8. The number of rotatable bonds is 6. The molecule has 0 radical (unpaired) electrons. The third kappa shape index (κ3) is 4.58. The van der Waals surface area contributed by atoms with Gasteiger partial charge in [0.2, 0.25) is 0 Å². The minimum Gasteiger partial charge on any atom is -0.497 e. The van der Waals surface area contributed by atoms with Gasteiger partial charge < -0.3 is 4.74 Å². The zero-order valence-electron chi connectivity index (χ0n) is 15.5. The average molecular weight is 442 g/mol. The zero-order valence-corrected chi connectivity index (χ0v) is 17.9. The largest absolute Gasteiger partial charge is 0.497 e. The van der Waals surface area contributed by atoms with Gasteiger partial charge in [-0.05, 0) is 66.2 Å². The number of aromatic nitrogens is 3. The lowest BCUT2D eigenvalue weighted by Gasteiger charge is -2.11.